The standard InChI is InChI=1S/C18H16F5NO.C8H6F4O/c1-11-10-25-17-15(12-7-13(19)9-14(20)8-12)3-2-4-16(17)24(11)6-5-18(21,22)23;9-7(10)8(11,12)13-6-4-2-1-3-5-6/h2-4,7-9,11H,5-6,10H2,1H3;1-5,7H. The number of fused-ring (bicyclic) bond motifs is 1. The predicted octanol–water partition coefficient (Wildman–Crippen LogP) is 8.09. The maximum absolute atomic E-state index is 13.5. The summed E-state index contributed by atoms with van der Waals surface area (Å²) >= 11 is 0. The number of hydrogen-bond donors (Lipinski definition) is 0. The van der Waals surface area contributed by atoms with Crippen LogP contribution in [0.15, 0.2) is 66.7 Å². The van der Waals surface area contributed by atoms with E-state index in [1.807, 2.05) is 0 Å². The van der Waals surface area contributed by atoms with E-state index >= 15 is 0 Å². The van der Waals surface area contributed by atoms with Gasteiger partial charge in [0.2, 0.25) is 0 Å². The Morgan fingerprint density at radius 3 is 2.13 bits per heavy atom. The molecule has 4 rings (SSSR count). The lowest BCUT2D eigenvalue weighted by atomic mass is 10.0. The van der Waals surface area contributed by atoms with Crippen molar-refractivity contribution in [3.05, 3.63) is 78.4 Å². The van der Waals surface area contributed by atoms with Crippen molar-refractivity contribution >= 4 is 5.69 Å². The molecular formula is C26H22F9NO2. The van der Waals surface area contributed by atoms with Gasteiger partial charge >= 0.3 is 18.7 Å². The quantitative estimate of drug-likeness (QED) is 0.289. The van der Waals surface area contributed by atoms with Gasteiger partial charge in [-0.1, -0.05) is 30.3 Å². The summed E-state index contributed by atoms with van der Waals surface area (Å²) in [5, 5.41) is 0. The summed E-state index contributed by atoms with van der Waals surface area (Å²) in [4.78, 5) is 1.62. The molecule has 3 aromatic carbocycles. The fraction of sp³-hybridized carbons (Fsp3) is 0.308. The molecule has 0 amide bonds. The highest BCUT2D eigenvalue weighted by Gasteiger charge is 2.43. The van der Waals surface area contributed by atoms with Crippen LogP contribution in [0.3, 0.4) is 0 Å². The lowest BCUT2D eigenvalue weighted by Crippen LogP contribution is -2.42. The maximum Gasteiger partial charge on any atom is 0.461 e. The first-order valence-corrected chi connectivity index (χ1v) is 11.2. The molecule has 0 radical (unpaired) electrons. The Morgan fingerprint density at radius 2 is 1.55 bits per heavy atom. The third kappa shape index (κ3) is 7.72. The van der Waals surface area contributed by atoms with Gasteiger partial charge in [0, 0.05) is 18.2 Å². The molecule has 38 heavy (non-hydrogen) atoms. The third-order valence-electron chi connectivity index (χ3n) is 5.37. The average Bonchev–Trinajstić information content (AvgIpc) is 2.82. The van der Waals surface area contributed by atoms with E-state index in [1.165, 1.54) is 36.4 Å². The minimum absolute atomic E-state index is 0.194. The molecule has 0 fully saturated rings. The number of benzene rings is 3. The first kappa shape index (κ1) is 29.0. The van der Waals surface area contributed by atoms with Crippen LogP contribution in [0, 0.1) is 11.6 Å². The van der Waals surface area contributed by atoms with Crippen LogP contribution >= 0.6 is 0 Å². The van der Waals surface area contributed by atoms with E-state index in [0.29, 0.717) is 17.0 Å². The van der Waals surface area contributed by atoms with E-state index in [4.69, 9.17) is 4.74 Å². The van der Waals surface area contributed by atoms with E-state index in [0.717, 1.165) is 6.07 Å². The van der Waals surface area contributed by atoms with E-state index in [2.05, 4.69) is 4.74 Å². The molecule has 3 aromatic rings. The molecule has 206 valence electrons. The van der Waals surface area contributed by atoms with Crippen LogP contribution in [-0.4, -0.2) is 37.9 Å². The van der Waals surface area contributed by atoms with E-state index in [1.54, 1.807) is 36.1 Å². The van der Waals surface area contributed by atoms with Gasteiger partial charge in [0.25, 0.3) is 0 Å². The summed E-state index contributed by atoms with van der Waals surface area (Å²) in [5.41, 5.74) is 1.21. The molecule has 1 aliphatic rings. The number of rotatable bonds is 6. The molecule has 1 aliphatic heterocycles. The Balaban J connectivity index is 0.000000260. The van der Waals surface area contributed by atoms with Crippen molar-refractivity contribution in [3.8, 4) is 22.6 Å². The van der Waals surface area contributed by atoms with Crippen molar-refractivity contribution in [1.82, 2.24) is 0 Å². The second-order valence-electron chi connectivity index (χ2n) is 8.31. The topological polar surface area (TPSA) is 21.7 Å². The molecule has 0 bridgehead atoms. The first-order chi connectivity index (χ1) is 17.8. The molecule has 0 saturated carbocycles. The molecule has 0 saturated heterocycles. The Morgan fingerprint density at radius 1 is 0.921 bits per heavy atom. The molecule has 0 aromatic heterocycles. The lowest BCUT2D eigenvalue weighted by molar-refractivity contribution is -0.253. The number of hydrogen-bond acceptors (Lipinski definition) is 3. The molecule has 3 nitrogen and oxygen atoms in total. The summed E-state index contributed by atoms with van der Waals surface area (Å²) < 4.78 is 122. The predicted molar refractivity (Wildman–Crippen MR) is 123 cm³/mol. The minimum atomic E-state index is -4.43. The molecule has 1 unspecified atom stereocenters. The van der Waals surface area contributed by atoms with Gasteiger partial charge in [0.05, 0.1) is 18.2 Å². The highest BCUT2D eigenvalue weighted by atomic mass is 19.4. The Labute approximate surface area is 212 Å². The third-order valence-corrected chi connectivity index (χ3v) is 5.37. The summed E-state index contributed by atoms with van der Waals surface area (Å²) in [5.74, 6) is -1.41. The molecule has 1 heterocycles. The fourth-order valence-corrected chi connectivity index (χ4v) is 3.65. The number of alkyl halides is 7. The van der Waals surface area contributed by atoms with Crippen molar-refractivity contribution in [2.45, 2.75) is 38.1 Å². The normalized spacial score (nSPS) is 15.3. The van der Waals surface area contributed by atoms with E-state index in [9.17, 15) is 39.5 Å². The number of ether oxygens (including phenoxy) is 2. The zero-order chi connectivity index (χ0) is 28.1. The van der Waals surface area contributed by atoms with Gasteiger partial charge in [-0.2, -0.15) is 30.7 Å². The second kappa shape index (κ2) is 11.9. The van der Waals surface area contributed by atoms with Crippen LogP contribution in [0.5, 0.6) is 11.5 Å². The number of para-hydroxylation sites is 2. The van der Waals surface area contributed by atoms with Gasteiger partial charge in [-0.05, 0) is 42.8 Å². The van der Waals surface area contributed by atoms with Gasteiger partial charge in [0.15, 0.2) is 5.75 Å². The Hall–Kier alpha value is -3.57. The zero-order valence-corrected chi connectivity index (χ0v) is 19.8. The van der Waals surface area contributed by atoms with Crippen molar-refractivity contribution in [2.75, 3.05) is 18.1 Å². The zero-order valence-electron chi connectivity index (χ0n) is 19.8. The van der Waals surface area contributed by atoms with E-state index < -0.39 is 36.8 Å². The second-order valence-corrected chi connectivity index (χ2v) is 8.31. The van der Waals surface area contributed by atoms with Crippen LogP contribution in [0.2, 0.25) is 0 Å². The van der Waals surface area contributed by atoms with Crippen molar-refractivity contribution in [1.29, 1.82) is 0 Å². The maximum atomic E-state index is 13.5. The van der Waals surface area contributed by atoms with Crippen molar-refractivity contribution in [3.63, 3.8) is 0 Å². The molecule has 12 heteroatoms. The van der Waals surface area contributed by atoms with Crippen LogP contribution in [0.25, 0.3) is 11.1 Å². The van der Waals surface area contributed by atoms with Crippen molar-refractivity contribution < 1.29 is 49.0 Å². The van der Waals surface area contributed by atoms with Gasteiger partial charge in [0.1, 0.15) is 24.0 Å². The number of halogens is 9. The smallest absolute Gasteiger partial charge is 0.461 e. The van der Waals surface area contributed by atoms with Gasteiger partial charge < -0.3 is 14.4 Å². The number of nitrogens with zero attached hydrogens (tertiary/aromatic N) is 1. The highest BCUT2D eigenvalue weighted by Crippen LogP contribution is 2.42. The molecule has 0 N–H and O–H groups in total. The molecular weight excluding hydrogens is 529 g/mol. The molecule has 1 atom stereocenters. The lowest BCUT2D eigenvalue weighted by Gasteiger charge is -2.38. The molecule has 0 aliphatic carbocycles. The number of anilines is 1. The Bertz CT molecular complexity index is 1180. The monoisotopic (exact) mass is 551 g/mol. The largest absolute Gasteiger partial charge is 0.489 e. The van der Waals surface area contributed by atoms with E-state index in [-0.39, 0.29) is 30.5 Å². The minimum Gasteiger partial charge on any atom is -0.489 e. The molecule has 0 spiro atoms. The van der Waals surface area contributed by atoms with Crippen LogP contribution in [-0.2, 0) is 0 Å². The van der Waals surface area contributed by atoms with Crippen LogP contribution in [0.4, 0.5) is 45.2 Å². The first-order valence-electron chi connectivity index (χ1n) is 11.2. The van der Waals surface area contributed by atoms with Gasteiger partial charge in [-0.25, -0.2) is 8.78 Å². The van der Waals surface area contributed by atoms with Gasteiger partial charge in [-0.3, -0.25) is 0 Å². The average molecular weight is 551 g/mol. The van der Waals surface area contributed by atoms with Gasteiger partial charge in [-0.15, -0.1) is 0 Å². The van der Waals surface area contributed by atoms with Crippen molar-refractivity contribution in [2.24, 2.45) is 0 Å². The summed E-state index contributed by atoms with van der Waals surface area (Å²) in [6, 6.07) is 14.5. The van der Waals surface area contributed by atoms with Crippen LogP contribution < -0.4 is 14.4 Å². The highest BCUT2D eigenvalue weighted by molar-refractivity contribution is 5.79. The summed E-state index contributed by atoms with van der Waals surface area (Å²) in [7, 11) is 0. The van der Waals surface area contributed by atoms with Crippen LogP contribution in [0.1, 0.15) is 13.3 Å². The summed E-state index contributed by atoms with van der Waals surface area (Å²) in [6.45, 7) is 1.76. The Kier molecular flexibility index (Phi) is 9.05. The summed E-state index contributed by atoms with van der Waals surface area (Å²) in [6.07, 6.45) is -13.5. The fourth-order valence-electron chi connectivity index (χ4n) is 3.65. The SMILES string of the molecule is CC1COc2c(-c3cc(F)cc(F)c3)cccc2N1CCC(F)(F)F.FC(F)C(F)(F)Oc1ccccc1.